The molecule has 1 saturated heterocycles. The fraction of sp³-hybridized carbons (Fsp3) is 0.524. The first-order valence-corrected chi connectivity index (χ1v) is 9.65. The molecule has 1 aromatic carbocycles. The third kappa shape index (κ3) is 5.18. The number of aryl methyl sites for hydroxylation is 2. The molecule has 0 spiro atoms. The normalized spacial score (nSPS) is 15.9. The van der Waals surface area contributed by atoms with Gasteiger partial charge in [-0.05, 0) is 43.7 Å². The first-order chi connectivity index (χ1) is 12.6. The van der Waals surface area contributed by atoms with Gasteiger partial charge in [0.2, 0.25) is 5.91 Å². The summed E-state index contributed by atoms with van der Waals surface area (Å²) in [5, 5.41) is 7.45. The van der Waals surface area contributed by atoms with Crippen LogP contribution < -0.4 is 5.32 Å². The predicted molar refractivity (Wildman–Crippen MR) is 104 cm³/mol. The van der Waals surface area contributed by atoms with E-state index in [9.17, 15) is 4.79 Å². The van der Waals surface area contributed by atoms with Crippen molar-refractivity contribution in [2.45, 2.75) is 45.1 Å². The number of amides is 1. The summed E-state index contributed by atoms with van der Waals surface area (Å²) in [6, 6.07) is 11.0. The van der Waals surface area contributed by atoms with Gasteiger partial charge in [0, 0.05) is 44.8 Å². The maximum absolute atomic E-state index is 12.2. The largest absolute Gasteiger partial charge is 0.353 e. The Bertz CT molecular complexity index is 702. The Morgan fingerprint density at radius 1 is 1.19 bits per heavy atom. The van der Waals surface area contributed by atoms with Crippen molar-refractivity contribution in [3.8, 4) is 0 Å². The molecule has 0 saturated carbocycles. The summed E-state index contributed by atoms with van der Waals surface area (Å²) in [6.07, 6.45) is 6.37. The van der Waals surface area contributed by atoms with Gasteiger partial charge in [-0.25, -0.2) is 0 Å². The van der Waals surface area contributed by atoms with Crippen molar-refractivity contribution in [3.05, 3.63) is 53.3 Å². The summed E-state index contributed by atoms with van der Waals surface area (Å²) in [5.74, 6) is 0.163. The molecule has 2 heterocycles. The molecule has 1 amide bonds. The van der Waals surface area contributed by atoms with Crippen molar-refractivity contribution in [2.75, 3.05) is 19.6 Å². The molecule has 26 heavy (non-hydrogen) atoms. The minimum absolute atomic E-state index is 0.163. The Balaban J connectivity index is 1.34. The highest BCUT2D eigenvalue weighted by molar-refractivity contribution is 5.76. The lowest BCUT2D eigenvalue weighted by Gasteiger charge is -2.32. The van der Waals surface area contributed by atoms with Crippen LogP contribution in [-0.4, -0.2) is 46.3 Å². The van der Waals surface area contributed by atoms with Crippen LogP contribution in [0, 0.1) is 6.92 Å². The molecule has 140 valence electrons. The highest BCUT2D eigenvalue weighted by Crippen LogP contribution is 2.13. The van der Waals surface area contributed by atoms with Crippen LogP contribution >= 0.6 is 0 Å². The Labute approximate surface area is 156 Å². The summed E-state index contributed by atoms with van der Waals surface area (Å²) in [7, 11) is 1.93. The minimum atomic E-state index is 0.163. The molecule has 0 atom stereocenters. The summed E-state index contributed by atoms with van der Waals surface area (Å²) < 4.78 is 1.86. The number of hydrogen-bond acceptors (Lipinski definition) is 3. The smallest absolute Gasteiger partial charge is 0.220 e. The fourth-order valence-electron chi connectivity index (χ4n) is 3.57. The second kappa shape index (κ2) is 8.99. The van der Waals surface area contributed by atoms with E-state index in [2.05, 4.69) is 45.6 Å². The van der Waals surface area contributed by atoms with E-state index in [0.717, 1.165) is 51.0 Å². The molecule has 3 rings (SSSR count). The molecule has 0 bridgehead atoms. The van der Waals surface area contributed by atoms with Crippen molar-refractivity contribution >= 4 is 5.91 Å². The summed E-state index contributed by atoms with van der Waals surface area (Å²) in [4.78, 5) is 14.8. The number of piperidine rings is 1. The molecule has 1 aliphatic heterocycles. The summed E-state index contributed by atoms with van der Waals surface area (Å²) in [5.41, 5.74) is 3.71. The molecular weight excluding hydrogens is 324 g/mol. The number of nitrogens with one attached hydrogen (secondary N) is 1. The van der Waals surface area contributed by atoms with Crippen LogP contribution in [0.3, 0.4) is 0 Å². The fourth-order valence-corrected chi connectivity index (χ4v) is 3.57. The van der Waals surface area contributed by atoms with Gasteiger partial charge in [0.15, 0.2) is 0 Å². The first kappa shape index (κ1) is 18.6. The number of rotatable bonds is 7. The van der Waals surface area contributed by atoms with Gasteiger partial charge in [-0.15, -0.1) is 0 Å². The zero-order valence-corrected chi connectivity index (χ0v) is 15.9. The average molecular weight is 354 g/mol. The Morgan fingerprint density at radius 3 is 2.58 bits per heavy atom. The van der Waals surface area contributed by atoms with Gasteiger partial charge in [0.25, 0.3) is 0 Å². The van der Waals surface area contributed by atoms with Crippen molar-refractivity contribution in [3.63, 3.8) is 0 Å². The first-order valence-electron chi connectivity index (χ1n) is 9.65. The van der Waals surface area contributed by atoms with Crippen LogP contribution in [0.15, 0.2) is 36.5 Å². The van der Waals surface area contributed by atoms with Crippen LogP contribution in [0.1, 0.15) is 36.1 Å². The zero-order valence-electron chi connectivity index (χ0n) is 15.9. The average Bonchev–Trinajstić information content (AvgIpc) is 2.99. The third-order valence-corrected chi connectivity index (χ3v) is 5.47. The summed E-state index contributed by atoms with van der Waals surface area (Å²) >= 11 is 0. The topological polar surface area (TPSA) is 50.2 Å². The van der Waals surface area contributed by atoms with Gasteiger partial charge in [0.1, 0.15) is 0 Å². The van der Waals surface area contributed by atoms with Crippen molar-refractivity contribution in [1.29, 1.82) is 0 Å². The molecule has 1 aromatic heterocycles. The standard InChI is InChI=1S/C21H30N4O/c1-17-19(16-22-24(17)2)8-9-21(26)23-20-11-14-25(15-12-20)13-10-18-6-4-3-5-7-18/h3-7,16,20H,8-15H2,1-2H3,(H,23,26). The molecule has 1 aliphatic rings. The predicted octanol–water partition coefficient (Wildman–Crippen LogP) is 2.48. The maximum atomic E-state index is 12.2. The van der Waals surface area contributed by atoms with Gasteiger partial charge < -0.3 is 10.2 Å². The number of carbonyl (C=O) groups excluding carboxylic acids is 1. The van der Waals surface area contributed by atoms with E-state index in [0.29, 0.717) is 12.5 Å². The quantitative estimate of drug-likeness (QED) is 0.831. The molecule has 0 unspecified atom stereocenters. The van der Waals surface area contributed by atoms with E-state index >= 15 is 0 Å². The number of likely N-dealkylation sites (tertiary alicyclic amines) is 1. The minimum Gasteiger partial charge on any atom is -0.353 e. The van der Waals surface area contributed by atoms with E-state index in [1.54, 1.807) is 0 Å². The van der Waals surface area contributed by atoms with Gasteiger partial charge in [-0.1, -0.05) is 30.3 Å². The zero-order chi connectivity index (χ0) is 18.4. The van der Waals surface area contributed by atoms with Crippen LogP contribution in [0.4, 0.5) is 0 Å². The number of benzene rings is 1. The lowest BCUT2D eigenvalue weighted by atomic mass is 10.0. The number of carbonyl (C=O) groups is 1. The van der Waals surface area contributed by atoms with E-state index in [1.165, 1.54) is 11.1 Å². The van der Waals surface area contributed by atoms with E-state index in [-0.39, 0.29) is 5.91 Å². The highest BCUT2D eigenvalue weighted by atomic mass is 16.1. The monoisotopic (exact) mass is 354 g/mol. The number of aromatic nitrogens is 2. The van der Waals surface area contributed by atoms with Crippen LogP contribution in [-0.2, 0) is 24.7 Å². The molecular formula is C21H30N4O. The molecule has 0 radical (unpaired) electrons. The van der Waals surface area contributed by atoms with E-state index in [4.69, 9.17) is 0 Å². The van der Waals surface area contributed by atoms with Crippen molar-refractivity contribution < 1.29 is 4.79 Å². The van der Waals surface area contributed by atoms with Crippen LogP contribution in [0.25, 0.3) is 0 Å². The molecule has 5 nitrogen and oxygen atoms in total. The van der Waals surface area contributed by atoms with E-state index in [1.807, 2.05) is 24.9 Å². The molecule has 5 heteroatoms. The molecule has 1 fully saturated rings. The van der Waals surface area contributed by atoms with Gasteiger partial charge in [-0.2, -0.15) is 5.10 Å². The lowest BCUT2D eigenvalue weighted by Crippen LogP contribution is -2.45. The second-order valence-electron chi connectivity index (χ2n) is 7.30. The van der Waals surface area contributed by atoms with Gasteiger partial charge >= 0.3 is 0 Å². The van der Waals surface area contributed by atoms with Crippen molar-refractivity contribution in [1.82, 2.24) is 20.0 Å². The van der Waals surface area contributed by atoms with Gasteiger partial charge in [-0.3, -0.25) is 9.48 Å². The Kier molecular flexibility index (Phi) is 6.45. The molecule has 1 N–H and O–H groups in total. The second-order valence-corrected chi connectivity index (χ2v) is 7.30. The van der Waals surface area contributed by atoms with Crippen molar-refractivity contribution in [2.24, 2.45) is 7.05 Å². The number of hydrogen-bond donors (Lipinski definition) is 1. The maximum Gasteiger partial charge on any atom is 0.220 e. The molecule has 2 aromatic rings. The third-order valence-electron chi connectivity index (χ3n) is 5.47. The van der Waals surface area contributed by atoms with Crippen LogP contribution in [0.2, 0.25) is 0 Å². The van der Waals surface area contributed by atoms with Gasteiger partial charge in [0.05, 0.1) is 6.20 Å². The van der Waals surface area contributed by atoms with E-state index < -0.39 is 0 Å². The summed E-state index contributed by atoms with van der Waals surface area (Å²) in [6.45, 7) is 5.29. The lowest BCUT2D eigenvalue weighted by molar-refractivity contribution is -0.122. The SMILES string of the molecule is Cc1c(CCC(=O)NC2CCN(CCc3ccccc3)CC2)cnn1C. The Hall–Kier alpha value is -2.14. The Morgan fingerprint density at radius 2 is 1.92 bits per heavy atom. The van der Waals surface area contributed by atoms with Crippen LogP contribution in [0.5, 0.6) is 0 Å². The number of nitrogens with zero attached hydrogens (tertiary/aromatic N) is 3. The molecule has 0 aliphatic carbocycles. The highest BCUT2D eigenvalue weighted by Gasteiger charge is 2.20.